The van der Waals surface area contributed by atoms with Crippen LogP contribution in [0.5, 0.6) is 0 Å². The smallest absolute Gasteiger partial charge is 0.299 e. The number of ketones is 1. The Bertz CT molecular complexity index is 711. The van der Waals surface area contributed by atoms with E-state index in [-0.39, 0.29) is 0 Å². The van der Waals surface area contributed by atoms with Gasteiger partial charge >= 0.3 is 0 Å². The third-order valence-corrected chi connectivity index (χ3v) is 3.69. The van der Waals surface area contributed by atoms with Crippen molar-refractivity contribution in [2.75, 3.05) is 4.90 Å². The van der Waals surface area contributed by atoms with Gasteiger partial charge in [-0.3, -0.25) is 14.5 Å². The molecule has 0 atom stereocenters. The summed E-state index contributed by atoms with van der Waals surface area (Å²) in [4.78, 5) is 25.7. The van der Waals surface area contributed by atoms with Crippen LogP contribution in [0.2, 0.25) is 0 Å². The number of carbonyl (C=O) groups excluding carboxylic acids is 2. The first-order chi connectivity index (χ1) is 9.50. The molecular formula is C15H14N2O3. The van der Waals surface area contributed by atoms with Crippen LogP contribution in [-0.2, 0) is 11.3 Å². The van der Waals surface area contributed by atoms with E-state index >= 15 is 0 Å². The van der Waals surface area contributed by atoms with E-state index in [4.69, 9.17) is 4.52 Å². The first-order valence-electron chi connectivity index (χ1n) is 6.38. The number of para-hydroxylation sites is 1. The zero-order chi connectivity index (χ0) is 14.4. The Morgan fingerprint density at radius 2 is 1.95 bits per heavy atom. The number of aryl methyl sites for hydroxylation is 3. The van der Waals surface area contributed by atoms with Gasteiger partial charge in [0, 0.05) is 5.56 Å². The molecule has 2 heterocycles. The van der Waals surface area contributed by atoms with E-state index in [0.717, 1.165) is 16.8 Å². The van der Waals surface area contributed by atoms with Crippen molar-refractivity contribution >= 4 is 17.4 Å². The van der Waals surface area contributed by atoms with Crippen molar-refractivity contribution in [2.24, 2.45) is 0 Å². The van der Waals surface area contributed by atoms with Gasteiger partial charge in [0.25, 0.3) is 11.7 Å². The van der Waals surface area contributed by atoms with Crippen LogP contribution in [0.25, 0.3) is 0 Å². The summed E-state index contributed by atoms with van der Waals surface area (Å²) in [6.07, 6.45) is 0. The summed E-state index contributed by atoms with van der Waals surface area (Å²) in [7, 11) is 0. The van der Waals surface area contributed by atoms with E-state index in [1.54, 1.807) is 19.1 Å². The third-order valence-electron chi connectivity index (χ3n) is 3.69. The fourth-order valence-electron chi connectivity index (χ4n) is 2.58. The lowest BCUT2D eigenvalue weighted by Crippen LogP contribution is -2.29. The van der Waals surface area contributed by atoms with Crippen LogP contribution in [0.3, 0.4) is 0 Å². The molecule has 20 heavy (non-hydrogen) atoms. The van der Waals surface area contributed by atoms with Crippen LogP contribution in [0, 0.1) is 20.8 Å². The maximum Gasteiger partial charge on any atom is 0.299 e. The maximum atomic E-state index is 12.2. The molecule has 2 aromatic rings. The minimum absolute atomic E-state index is 0.309. The van der Waals surface area contributed by atoms with Gasteiger partial charge in [0.05, 0.1) is 23.5 Å². The quantitative estimate of drug-likeness (QED) is 0.786. The first kappa shape index (κ1) is 12.6. The van der Waals surface area contributed by atoms with Crippen molar-refractivity contribution in [3.8, 4) is 0 Å². The summed E-state index contributed by atoms with van der Waals surface area (Å²) in [5.41, 5.74) is 3.67. The van der Waals surface area contributed by atoms with E-state index in [0.29, 0.717) is 23.6 Å². The van der Waals surface area contributed by atoms with Gasteiger partial charge in [-0.1, -0.05) is 17.3 Å². The number of rotatable bonds is 2. The predicted molar refractivity (Wildman–Crippen MR) is 72.7 cm³/mol. The normalized spacial score (nSPS) is 14.1. The fourth-order valence-corrected chi connectivity index (χ4v) is 2.58. The monoisotopic (exact) mass is 270 g/mol. The van der Waals surface area contributed by atoms with E-state index in [2.05, 4.69) is 5.16 Å². The Labute approximate surface area is 116 Å². The molecule has 0 saturated carbocycles. The first-order valence-corrected chi connectivity index (χ1v) is 6.38. The van der Waals surface area contributed by atoms with Crippen molar-refractivity contribution < 1.29 is 14.1 Å². The Balaban J connectivity index is 2.08. The van der Waals surface area contributed by atoms with Gasteiger partial charge in [0.2, 0.25) is 0 Å². The fraction of sp³-hybridized carbons (Fsp3) is 0.267. The highest BCUT2D eigenvalue weighted by atomic mass is 16.5. The Kier molecular flexibility index (Phi) is 2.71. The highest BCUT2D eigenvalue weighted by molar-refractivity contribution is 6.52. The van der Waals surface area contributed by atoms with Crippen LogP contribution in [-0.4, -0.2) is 16.8 Å². The third kappa shape index (κ3) is 1.66. The standard InChI is InChI=1S/C15H14N2O3/c1-8-5-4-6-11-13(8)17(15(19)14(11)18)7-12-9(2)16-20-10(12)3/h4-6H,7H2,1-3H3. The summed E-state index contributed by atoms with van der Waals surface area (Å²) < 4.78 is 5.11. The van der Waals surface area contributed by atoms with E-state index in [1.165, 1.54) is 4.90 Å². The molecule has 0 aliphatic carbocycles. The van der Waals surface area contributed by atoms with Gasteiger partial charge in [-0.05, 0) is 32.4 Å². The maximum absolute atomic E-state index is 12.2. The number of amides is 1. The Hall–Kier alpha value is -2.43. The van der Waals surface area contributed by atoms with Crippen molar-refractivity contribution in [3.63, 3.8) is 0 Å². The summed E-state index contributed by atoms with van der Waals surface area (Å²) >= 11 is 0. The second-order valence-electron chi connectivity index (χ2n) is 4.99. The number of Topliss-reactive ketones (excluding diaryl/α,β-unsaturated/α-hetero) is 1. The molecule has 1 aliphatic rings. The average Bonchev–Trinajstić information content (AvgIpc) is 2.86. The summed E-state index contributed by atoms with van der Waals surface area (Å²) in [5, 5.41) is 3.88. The zero-order valence-corrected chi connectivity index (χ0v) is 11.6. The van der Waals surface area contributed by atoms with Crippen molar-refractivity contribution in [3.05, 3.63) is 46.3 Å². The molecule has 1 aromatic heterocycles. The Morgan fingerprint density at radius 3 is 2.60 bits per heavy atom. The minimum Gasteiger partial charge on any atom is -0.361 e. The summed E-state index contributed by atoms with van der Waals surface area (Å²) in [6, 6.07) is 5.37. The highest BCUT2D eigenvalue weighted by Crippen LogP contribution is 2.34. The molecule has 5 heteroatoms. The highest BCUT2D eigenvalue weighted by Gasteiger charge is 2.37. The largest absolute Gasteiger partial charge is 0.361 e. The number of nitrogens with zero attached hydrogens (tertiary/aromatic N) is 2. The number of fused-ring (bicyclic) bond motifs is 1. The lowest BCUT2D eigenvalue weighted by molar-refractivity contribution is -0.114. The van der Waals surface area contributed by atoms with Crippen molar-refractivity contribution in [1.82, 2.24) is 5.16 Å². The number of hydrogen-bond acceptors (Lipinski definition) is 4. The molecule has 3 rings (SSSR count). The molecule has 1 aromatic carbocycles. The van der Waals surface area contributed by atoms with Crippen LogP contribution in [0.4, 0.5) is 5.69 Å². The molecule has 5 nitrogen and oxygen atoms in total. The molecular weight excluding hydrogens is 256 g/mol. The predicted octanol–water partition coefficient (Wildman–Crippen LogP) is 2.33. The van der Waals surface area contributed by atoms with Gasteiger partial charge in [0.15, 0.2) is 0 Å². The molecule has 102 valence electrons. The van der Waals surface area contributed by atoms with Crippen LogP contribution < -0.4 is 4.90 Å². The van der Waals surface area contributed by atoms with Gasteiger partial charge < -0.3 is 4.52 Å². The lowest BCUT2D eigenvalue weighted by atomic mass is 10.1. The Morgan fingerprint density at radius 1 is 1.20 bits per heavy atom. The molecule has 0 unspecified atom stereocenters. The van der Waals surface area contributed by atoms with Gasteiger partial charge in [-0.2, -0.15) is 0 Å². The number of benzene rings is 1. The van der Waals surface area contributed by atoms with Crippen LogP contribution in [0.1, 0.15) is 32.9 Å². The summed E-state index contributed by atoms with van der Waals surface area (Å²) in [6.45, 7) is 5.83. The van der Waals surface area contributed by atoms with E-state index in [1.807, 2.05) is 19.9 Å². The van der Waals surface area contributed by atoms with E-state index in [9.17, 15) is 9.59 Å². The van der Waals surface area contributed by atoms with Crippen LogP contribution >= 0.6 is 0 Å². The second kappa shape index (κ2) is 4.30. The SMILES string of the molecule is Cc1cccc2c1N(Cc1c(C)noc1C)C(=O)C2=O. The molecule has 1 amide bonds. The molecule has 0 spiro atoms. The summed E-state index contributed by atoms with van der Waals surface area (Å²) in [5.74, 6) is -0.269. The molecule has 0 saturated heterocycles. The minimum atomic E-state index is -0.491. The average molecular weight is 270 g/mol. The molecule has 0 fully saturated rings. The van der Waals surface area contributed by atoms with Gasteiger partial charge in [-0.25, -0.2) is 0 Å². The number of carbonyl (C=O) groups is 2. The van der Waals surface area contributed by atoms with Crippen LogP contribution in [0.15, 0.2) is 22.7 Å². The van der Waals surface area contributed by atoms with Gasteiger partial charge in [0.1, 0.15) is 5.76 Å². The number of aromatic nitrogens is 1. The number of hydrogen-bond donors (Lipinski definition) is 0. The zero-order valence-electron chi connectivity index (χ0n) is 11.6. The van der Waals surface area contributed by atoms with E-state index < -0.39 is 11.7 Å². The van der Waals surface area contributed by atoms with Crippen molar-refractivity contribution in [1.29, 1.82) is 0 Å². The molecule has 0 N–H and O–H groups in total. The second-order valence-corrected chi connectivity index (χ2v) is 4.99. The number of anilines is 1. The topological polar surface area (TPSA) is 63.4 Å². The van der Waals surface area contributed by atoms with Crippen molar-refractivity contribution in [2.45, 2.75) is 27.3 Å². The molecule has 1 aliphatic heterocycles. The molecule has 0 radical (unpaired) electrons. The van der Waals surface area contributed by atoms with Gasteiger partial charge in [-0.15, -0.1) is 0 Å². The lowest BCUT2D eigenvalue weighted by Gasteiger charge is -2.18. The molecule has 0 bridgehead atoms.